The van der Waals surface area contributed by atoms with Gasteiger partial charge in [0.15, 0.2) is 5.17 Å². The fraction of sp³-hybridized carbons (Fsp3) is 0.909. The van der Waals surface area contributed by atoms with Gasteiger partial charge in [0.05, 0.1) is 6.10 Å². The van der Waals surface area contributed by atoms with Crippen LogP contribution in [0.25, 0.3) is 0 Å². The molecule has 6 nitrogen and oxygen atoms in total. The van der Waals surface area contributed by atoms with Gasteiger partial charge in [-0.15, -0.1) is 0 Å². The lowest BCUT2D eigenvalue weighted by Gasteiger charge is -2.40. The van der Waals surface area contributed by atoms with E-state index < -0.39 is 24.4 Å². The van der Waals surface area contributed by atoms with Crippen LogP contribution in [0.3, 0.4) is 0 Å². The Kier molecular flexibility index (Phi) is 4.18. The zero-order chi connectivity index (χ0) is 13.4. The Morgan fingerprint density at radius 1 is 1.39 bits per heavy atom. The lowest BCUT2D eigenvalue weighted by molar-refractivity contribution is -0.186. The number of hydrogen-bond donors (Lipinski definition) is 2. The molecule has 0 bridgehead atoms. The molecule has 1 unspecified atom stereocenters. The van der Waals surface area contributed by atoms with E-state index >= 15 is 0 Å². The quantitative estimate of drug-likeness (QED) is 0.708. The fourth-order valence-corrected chi connectivity index (χ4v) is 3.26. The zero-order valence-electron chi connectivity index (χ0n) is 11.0. The van der Waals surface area contributed by atoms with Crippen LogP contribution in [0.15, 0.2) is 4.99 Å². The summed E-state index contributed by atoms with van der Waals surface area (Å²) in [6.07, 6.45) is -2.71. The van der Waals surface area contributed by atoms with Gasteiger partial charge in [-0.1, -0.05) is 11.8 Å². The molecule has 2 aliphatic heterocycles. The first-order chi connectivity index (χ1) is 8.45. The molecule has 0 amide bonds. The van der Waals surface area contributed by atoms with Crippen molar-refractivity contribution in [3.63, 3.8) is 0 Å². The highest BCUT2D eigenvalue weighted by molar-refractivity contribution is 8.14. The van der Waals surface area contributed by atoms with Gasteiger partial charge >= 0.3 is 0 Å². The summed E-state index contributed by atoms with van der Waals surface area (Å²) in [5, 5.41) is 21.0. The standard InChI is InChI=1S/C11H20N2O4S/c1-5(16-4)9-8(15)7(14)6-10(17-9)18-11(12-6)13(2)3/h5-10,14-15H,1-4H3/t5-,6-,7-,8+,9?,10-/m1/s1. The number of amidine groups is 1. The fourth-order valence-electron chi connectivity index (χ4n) is 2.11. The molecular weight excluding hydrogens is 256 g/mol. The molecule has 2 rings (SSSR count). The monoisotopic (exact) mass is 276 g/mol. The average Bonchev–Trinajstić information content (AvgIpc) is 2.77. The maximum atomic E-state index is 10.1. The molecule has 0 spiro atoms. The molecule has 7 heteroatoms. The molecule has 2 N–H and O–H groups in total. The summed E-state index contributed by atoms with van der Waals surface area (Å²) in [6, 6.07) is -0.414. The first-order valence-corrected chi connectivity index (χ1v) is 6.80. The molecule has 0 aromatic heterocycles. The summed E-state index contributed by atoms with van der Waals surface area (Å²) in [7, 11) is 5.34. The Morgan fingerprint density at radius 3 is 2.61 bits per heavy atom. The Balaban J connectivity index is 2.14. The highest BCUT2D eigenvalue weighted by Gasteiger charge is 2.49. The Labute approximate surface area is 111 Å². The minimum Gasteiger partial charge on any atom is -0.388 e. The van der Waals surface area contributed by atoms with E-state index in [1.54, 1.807) is 7.11 Å². The van der Waals surface area contributed by atoms with Crippen LogP contribution in [0.5, 0.6) is 0 Å². The second-order valence-corrected chi connectivity index (χ2v) is 5.87. The second-order valence-electron chi connectivity index (χ2n) is 4.81. The van der Waals surface area contributed by atoms with Crippen molar-refractivity contribution in [3.05, 3.63) is 0 Å². The number of rotatable bonds is 2. The smallest absolute Gasteiger partial charge is 0.161 e. The largest absolute Gasteiger partial charge is 0.388 e. The van der Waals surface area contributed by atoms with Gasteiger partial charge in [0.1, 0.15) is 29.8 Å². The third-order valence-corrected chi connectivity index (χ3v) is 4.61. The van der Waals surface area contributed by atoms with Crippen molar-refractivity contribution in [2.24, 2.45) is 4.99 Å². The van der Waals surface area contributed by atoms with Gasteiger partial charge in [0.2, 0.25) is 0 Å². The van der Waals surface area contributed by atoms with Crippen LogP contribution >= 0.6 is 11.8 Å². The van der Waals surface area contributed by atoms with Crippen molar-refractivity contribution >= 4 is 16.9 Å². The Hall–Kier alpha value is -0.340. The van der Waals surface area contributed by atoms with Gasteiger partial charge in [-0.2, -0.15) is 0 Å². The third kappa shape index (κ3) is 2.37. The van der Waals surface area contributed by atoms with E-state index in [1.807, 2.05) is 25.9 Å². The highest BCUT2D eigenvalue weighted by atomic mass is 32.2. The summed E-state index contributed by atoms with van der Waals surface area (Å²) < 4.78 is 11.0. The SMILES string of the molecule is CO[C@H](C)C1O[C@@H]2SC(N(C)C)=N[C@@H]2[C@@H](O)[C@@H]1O. The van der Waals surface area contributed by atoms with Crippen molar-refractivity contribution in [1.29, 1.82) is 0 Å². The van der Waals surface area contributed by atoms with E-state index in [9.17, 15) is 10.2 Å². The van der Waals surface area contributed by atoms with Crippen molar-refractivity contribution in [1.82, 2.24) is 4.90 Å². The molecule has 6 atom stereocenters. The van der Waals surface area contributed by atoms with Gasteiger partial charge < -0.3 is 24.6 Å². The number of thioether (sulfide) groups is 1. The van der Waals surface area contributed by atoms with Crippen molar-refractivity contribution in [2.45, 2.75) is 42.8 Å². The van der Waals surface area contributed by atoms with E-state index in [4.69, 9.17) is 9.47 Å². The number of methoxy groups -OCH3 is 1. The number of nitrogens with zero attached hydrogens (tertiary/aromatic N) is 2. The molecule has 0 radical (unpaired) electrons. The molecule has 0 aromatic rings. The van der Waals surface area contributed by atoms with Crippen LogP contribution in [0.4, 0.5) is 0 Å². The third-order valence-electron chi connectivity index (χ3n) is 3.30. The topological polar surface area (TPSA) is 74.5 Å². The molecular formula is C11H20N2O4S. The first kappa shape index (κ1) is 14.1. The predicted molar refractivity (Wildman–Crippen MR) is 69.6 cm³/mol. The minimum absolute atomic E-state index is 0.261. The maximum Gasteiger partial charge on any atom is 0.161 e. The van der Waals surface area contributed by atoms with Gasteiger partial charge in [-0.05, 0) is 6.92 Å². The normalized spacial score (nSPS) is 41.2. The van der Waals surface area contributed by atoms with Crippen LogP contribution in [0.2, 0.25) is 0 Å². The van der Waals surface area contributed by atoms with Crippen molar-refractivity contribution in [2.75, 3.05) is 21.2 Å². The van der Waals surface area contributed by atoms with Gasteiger partial charge in [-0.25, -0.2) is 0 Å². The Morgan fingerprint density at radius 2 is 2.06 bits per heavy atom. The van der Waals surface area contributed by atoms with Gasteiger partial charge in [0.25, 0.3) is 0 Å². The summed E-state index contributed by atoms with van der Waals surface area (Å²) >= 11 is 1.47. The van der Waals surface area contributed by atoms with Crippen LogP contribution in [-0.2, 0) is 9.47 Å². The van der Waals surface area contributed by atoms with E-state index in [2.05, 4.69) is 4.99 Å². The summed E-state index contributed by atoms with van der Waals surface area (Å²) in [4.78, 5) is 6.27. The summed E-state index contributed by atoms with van der Waals surface area (Å²) in [6.45, 7) is 1.81. The number of aliphatic imine (C=N–C) groups is 1. The van der Waals surface area contributed by atoms with E-state index in [1.165, 1.54) is 11.8 Å². The minimum atomic E-state index is -0.980. The van der Waals surface area contributed by atoms with E-state index in [0.717, 1.165) is 5.17 Å². The second kappa shape index (κ2) is 5.34. The van der Waals surface area contributed by atoms with Crippen molar-refractivity contribution < 1.29 is 19.7 Å². The summed E-state index contributed by atoms with van der Waals surface area (Å²) in [5.74, 6) is 0. The number of aliphatic hydroxyl groups excluding tert-OH is 2. The number of fused-ring (bicyclic) bond motifs is 1. The molecule has 1 fully saturated rings. The van der Waals surface area contributed by atoms with Gasteiger partial charge in [0, 0.05) is 21.2 Å². The number of hydrogen-bond acceptors (Lipinski definition) is 7. The maximum absolute atomic E-state index is 10.1. The van der Waals surface area contributed by atoms with Crippen LogP contribution in [-0.4, -0.2) is 77.4 Å². The molecule has 0 aromatic carbocycles. The first-order valence-electron chi connectivity index (χ1n) is 5.92. The molecule has 104 valence electrons. The zero-order valence-corrected chi connectivity index (χ0v) is 11.8. The summed E-state index contributed by atoms with van der Waals surface area (Å²) in [5.41, 5.74) is -0.261. The van der Waals surface area contributed by atoms with E-state index in [-0.39, 0.29) is 11.5 Å². The highest BCUT2D eigenvalue weighted by Crippen LogP contribution is 2.37. The lowest BCUT2D eigenvalue weighted by Crippen LogP contribution is -2.58. The Bertz CT molecular complexity index is 339. The number of ether oxygens (including phenoxy) is 2. The molecule has 0 aliphatic carbocycles. The molecule has 2 heterocycles. The molecule has 1 saturated heterocycles. The predicted octanol–water partition coefficient (Wildman–Crippen LogP) is -0.499. The molecule has 18 heavy (non-hydrogen) atoms. The van der Waals surface area contributed by atoms with Crippen molar-refractivity contribution in [3.8, 4) is 0 Å². The van der Waals surface area contributed by atoms with Crippen LogP contribution in [0.1, 0.15) is 6.92 Å². The van der Waals surface area contributed by atoms with Crippen LogP contribution < -0.4 is 0 Å². The molecule has 2 aliphatic rings. The van der Waals surface area contributed by atoms with E-state index in [0.29, 0.717) is 0 Å². The number of aliphatic hydroxyl groups is 2. The van der Waals surface area contributed by atoms with Gasteiger partial charge in [-0.3, -0.25) is 4.99 Å². The van der Waals surface area contributed by atoms with Crippen LogP contribution in [0, 0.1) is 0 Å². The molecule has 0 saturated carbocycles. The lowest BCUT2D eigenvalue weighted by atomic mass is 9.95. The average molecular weight is 276 g/mol.